The average molecular weight is 329 g/mol. The second-order valence-corrected chi connectivity index (χ2v) is 6.29. The van der Waals surface area contributed by atoms with Gasteiger partial charge in [-0.3, -0.25) is 5.32 Å². The van der Waals surface area contributed by atoms with Gasteiger partial charge in [-0.2, -0.15) is 0 Å². The molecule has 2 aromatic rings. The molecule has 0 heterocycles. The van der Waals surface area contributed by atoms with E-state index in [0.29, 0.717) is 5.75 Å². The predicted molar refractivity (Wildman–Crippen MR) is 89.9 cm³/mol. The van der Waals surface area contributed by atoms with Crippen LogP contribution < -0.4 is 10.1 Å². The Labute approximate surface area is 139 Å². The first-order valence-electron chi connectivity index (χ1n) is 7.33. The third-order valence-electron chi connectivity index (χ3n) is 3.42. The van der Waals surface area contributed by atoms with Gasteiger partial charge in [0.25, 0.3) is 0 Å². The Morgan fingerprint density at radius 2 is 1.67 bits per heavy atom. The normalized spacial score (nSPS) is 11.0. The van der Waals surface area contributed by atoms with Crippen molar-refractivity contribution in [3.05, 3.63) is 53.6 Å². The van der Waals surface area contributed by atoms with Crippen molar-refractivity contribution in [2.24, 2.45) is 0 Å². The van der Waals surface area contributed by atoms with Crippen LogP contribution in [0.4, 0.5) is 10.5 Å². The van der Waals surface area contributed by atoms with Crippen LogP contribution in [0, 0.1) is 0 Å². The van der Waals surface area contributed by atoms with E-state index in [4.69, 9.17) is 9.84 Å². The van der Waals surface area contributed by atoms with Gasteiger partial charge in [0.15, 0.2) is 0 Å². The zero-order chi connectivity index (χ0) is 17.9. The van der Waals surface area contributed by atoms with Crippen LogP contribution in [0.5, 0.6) is 11.5 Å². The fourth-order valence-corrected chi connectivity index (χ4v) is 2.13. The first-order valence-corrected chi connectivity index (χ1v) is 7.33. The molecule has 3 N–H and O–H groups in total. The van der Waals surface area contributed by atoms with E-state index in [-0.39, 0.29) is 11.1 Å². The number of carboxylic acids is 1. The van der Waals surface area contributed by atoms with Gasteiger partial charge in [-0.1, -0.05) is 39.0 Å². The molecule has 2 rings (SSSR count). The third-order valence-corrected chi connectivity index (χ3v) is 3.42. The number of carbonyl (C=O) groups is 2. The minimum Gasteiger partial charge on any atom is -0.507 e. The van der Waals surface area contributed by atoms with Crippen LogP contribution in [0.25, 0.3) is 0 Å². The number of amides is 1. The lowest BCUT2D eigenvalue weighted by atomic mass is 9.87. The summed E-state index contributed by atoms with van der Waals surface area (Å²) in [4.78, 5) is 23.1. The van der Waals surface area contributed by atoms with E-state index in [1.54, 1.807) is 12.1 Å². The van der Waals surface area contributed by atoms with Gasteiger partial charge in [0.05, 0.1) is 5.69 Å². The van der Waals surface area contributed by atoms with Gasteiger partial charge in [0, 0.05) is 0 Å². The van der Waals surface area contributed by atoms with Crippen LogP contribution in [-0.2, 0) is 5.41 Å². The first kappa shape index (κ1) is 17.3. The fraction of sp³-hybridized carbons (Fsp3) is 0.222. The molecule has 0 saturated carbocycles. The number of aromatic carboxylic acids is 1. The number of anilines is 1. The van der Waals surface area contributed by atoms with Gasteiger partial charge < -0.3 is 14.9 Å². The minimum absolute atomic E-state index is 0.0151. The summed E-state index contributed by atoms with van der Waals surface area (Å²) in [5.74, 6) is -1.45. The maximum absolute atomic E-state index is 11.9. The zero-order valence-electron chi connectivity index (χ0n) is 13.7. The zero-order valence-corrected chi connectivity index (χ0v) is 13.7. The summed E-state index contributed by atoms with van der Waals surface area (Å²) in [6, 6.07) is 11.1. The smallest absolute Gasteiger partial charge is 0.417 e. The molecular formula is C18H19NO5. The summed E-state index contributed by atoms with van der Waals surface area (Å²) in [5.41, 5.74) is 0.645. The van der Waals surface area contributed by atoms with Crippen molar-refractivity contribution in [3.8, 4) is 11.5 Å². The number of rotatable bonds is 3. The average Bonchev–Trinajstić information content (AvgIpc) is 2.46. The van der Waals surface area contributed by atoms with Crippen molar-refractivity contribution in [1.82, 2.24) is 0 Å². The second-order valence-electron chi connectivity index (χ2n) is 6.29. The Kier molecular flexibility index (Phi) is 4.78. The molecule has 2 aromatic carbocycles. The molecule has 1 amide bonds. The Bertz CT molecular complexity index is 760. The van der Waals surface area contributed by atoms with Gasteiger partial charge in [-0.05, 0) is 35.2 Å². The van der Waals surface area contributed by atoms with E-state index in [2.05, 4.69) is 26.1 Å². The summed E-state index contributed by atoms with van der Waals surface area (Å²) >= 11 is 0. The first-order chi connectivity index (χ1) is 11.2. The second kappa shape index (κ2) is 6.62. The van der Waals surface area contributed by atoms with Crippen LogP contribution >= 0.6 is 0 Å². The van der Waals surface area contributed by atoms with Crippen LogP contribution in [0.3, 0.4) is 0 Å². The van der Waals surface area contributed by atoms with Crippen molar-refractivity contribution in [2.45, 2.75) is 26.2 Å². The molecule has 126 valence electrons. The number of carboxylic acid groups (broad SMARTS) is 1. The van der Waals surface area contributed by atoms with Crippen molar-refractivity contribution >= 4 is 17.7 Å². The van der Waals surface area contributed by atoms with E-state index >= 15 is 0 Å². The van der Waals surface area contributed by atoms with Crippen molar-refractivity contribution in [2.75, 3.05) is 5.32 Å². The van der Waals surface area contributed by atoms with Gasteiger partial charge in [0.2, 0.25) is 0 Å². The van der Waals surface area contributed by atoms with E-state index in [1.165, 1.54) is 18.2 Å². The molecule has 0 aliphatic heterocycles. The highest BCUT2D eigenvalue weighted by atomic mass is 16.6. The maximum atomic E-state index is 11.9. The highest BCUT2D eigenvalue weighted by Crippen LogP contribution is 2.26. The number of phenols is 1. The molecule has 0 aromatic heterocycles. The molecule has 0 spiro atoms. The van der Waals surface area contributed by atoms with Crippen molar-refractivity contribution in [1.29, 1.82) is 0 Å². The number of nitrogens with one attached hydrogen (secondary N) is 1. The van der Waals surface area contributed by atoms with Crippen LogP contribution in [0.2, 0.25) is 0 Å². The highest BCUT2D eigenvalue weighted by molar-refractivity contribution is 6.01. The number of hydrogen-bond donors (Lipinski definition) is 3. The van der Waals surface area contributed by atoms with Crippen LogP contribution in [-0.4, -0.2) is 22.3 Å². The van der Waals surface area contributed by atoms with Crippen LogP contribution in [0.15, 0.2) is 42.5 Å². The highest BCUT2D eigenvalue weighted by Gasteiger charge is 2.18. The maximum Gasteiger partial charge on any atom is 0.417 e. The van der Waals surface area contributed by atoms with E-state index < -0.39 is 23.4 Å². The summed E-state index contributed by atoms with van der Waals surface area (Å²) in [6.07, 6.45) is -0.841. The molecule has 0 unspecified atom stereocenters. The van der Waals surface area contributed by atoms with Gasteiger partial charge in [0.1, 0.15) is 17.1 Å². The number of carbonyl (C=O) groups excluding carboxylic acids is 1. The fourth-order valence-electron chi connectivity index (χ4n) is 2.13. The Morgan fingerprint density at radius 1 is 1.04 bits per heavy atom. The van der Waals surface area contributed by atoms with Gasteiger partial charge in [-0.15, -0.1) is 0 Å². The molecule has 6 heteroatoms. The molecule has 24 heavy (non-hydrogen) atoms. The number of benzene rings is 2. The molecule has 0 saturated heterocycles. The lowest BCUT2D eigenvalue weighted by molar-refractivity contribution is 0.0695. The molecule has 0 aliphatic carbocycles. The monoisotopic (exact) mass is 329 g/mol. The Morgan fingerprint density at radius 3 is 2.21 bits per heavy atom. The summed E-state index contributed by atoms with van der Waals surface area (Å²) in [5, 5.41) is 21.0. The van der Waals surface area contributed by atoms with Crippen LogP contribution in [0.1, 0.15) is 36.7 Å². The molecule has 6 nitrogen and oxygen atoms in total. The number of ether oxygens (including phenoxy) is 1. The lowest BCUT2D eigenvalue weighted by Crippen LogP contribution is -2.19. The minimum atomic E-state index is -1.35. The molecule has 0 fully saturated rings. The van der Waals surface area contributed by atoms with Crippen molar-refractivity contribution in [3.63, 3.8) is 0 Å². The SMILES string of the molecule is CC(C)(C)c1ccc(OC(=O)Nc2cccc(O)c2C(=O)O)cc1. The van der Waals surface area contributed by atoms with E-state index in [9.17, 15) is 14.7 Å². The standard InChI is InChI=1S/C18H19NO5/c1-18(2,3)11-7-9-12(10-8-11)24-17(23)19-13-5-4-6-14(20)15(13)16(21)22/h4-10,20H,1-3H3,(H,19,23)(H,21,22). The van der Waals surface area contributed by atoms with E-state index in [1.807, 2.05) is 12.1 Å². The Balaban J connectivity index is 2.12. The predicted octanol–water partition coefficient (Wildman–Crippen LogP) is 4.00. The molecule has 0 atom stereocenters. The molecule has 0 aliphatic rings. The number of hydrogen-bond acceptors (Lipinski definition) is 4. The topological polar surface area (TPSA) is 95.9 Å². The summed E-state index contributed by atoms with van der Waals surface area (Å²) in [7, 11) is 0. The van der Waals surface area contributed by atoms with Crippen molar-refractivity contribution < 1.29 is 24.5 Å². The third kappa shape index (κ3) is 4.04. The van der Waals surface area contributed by atoms with Gasteiger partial charge >= 0.3 is 12.1 Å². The summed E-state index contributed by atoms with van der Waals surface area (Å²) in [6.45, 7) is 6.22. The quantitative estimate of drug-likeness (QED) is 0.791. The largest absolute Gasteiger partial charge is 0.507 e. The van der Waals surface area contributed by atoms with Gasteiger partial charge in [-0.25, -0.2) is 9.59 Å². The molecule has 0 bridgehead atoms. The summed E-state index contributed by atoms with van der Waals surface area (Å²) < 4.78 is 5.14. The molecular weight excluding hydrogens is 310 g/mol. The Hall–Kier alpha value is -3.02. The van der Waals surface area contributed by atoms with E-state index in [0.717, 1.165) is 5.56 Å². The number of aromatic hydroxyl groups is 1. The lowest BCUT2D eigenvalue weighted by Gasteiger charge is -2.19. The molecule has 0 radical (unpaired) electrons.